The van der Waals surface area contributed by atoms with Crippen molar-refractivity contribution in [1.29, 1.82) is 0 Å². The Morgan fingerprint density at radius 1 is 1.05 bits per heavy atom. The fourth-order valence-corrected chi connectivity index (χ4v) is 6.20. The van der Waals surface area contributed by atoms with Gasteiger partial charge in [0.1, 0.15) is 0 Å². The van der Waals surface area contributed by atoms with Crippen LogP contribution in [-0.2, 0) is 14.8 Å². The van der Waals surface area contributed by atoms with Crippen LogP contribution in [0.1, 0.15) is 29.3 Å². The molecule has 0 unspecified atom stereocenters. The molecule has 2 atom stereocenters. The number of carbonyl (C=O) groups is 2. The summed E-state index contributed by atoms with van der Waals surface area (Å²) < 4.78 is 34.8. The Labute approximate surface area is 216 Å². The van der Waals surface area contributed by atoms with E-state index in [9.17, 15) is 23.1 Å². The van der Waals surface area contributed by atoms with Crippen LogP contribution in [0.25, 0.3) is 10.8 Å². The van der Waals surface area contributed by atoms with E-state index in [1.165, 1.54) is 11.0 Å². The molecule has 2 amide bonds. The number of fused-ring (bicyclic) bond motifs is 1. The summed E-state index contributed by atoms with van der Waals surface area (Å²) >= 11 is 0. The zero-order chi connectivity index (χ0) is 26.6. The number of piperidine rings is 1. The lowest BCUT2D eigenvalue weighted by Crippen LogP contribution is -2.53. The van der Waals surface area contributed by atoms with Gasteiger partial charge in [0.2, 0.25) is 10.0 Å². The van der Waals surface area contributed by atoms with Crippen molar-refractivity contribution in [3.63, 3.8) is 0 Å². The number of benzene rings is 3. The number of aliphatic hydroxyl groups is 1. The van der Waals surface area contributed by atoms with E-state index in [1.807, 2.05) is 19.1 Å². The summed E-state index contributed by atoms with van der Waals surface area (Å²) in [4.78, 5) is 26.5. The molecule has 0 spiro atoms. The number of aryl methyl sites for hydroxylation is 1. The molecule has 3 aromatic rings. The molecule has 1 fully saturated rings. The van der Waals surface area contributed by atoms with E-state index >= 15 is 0 Å². The largest absolute Gasteiger partial charge is 0.450 e. The normalized spacial score (nSPS) is 18.0. The van der Waals surface area contributed by atoms with Crippen LogP contribution in [0.3, 0.4) is 0 Å². The molecule has 9 nitrogen and oxygen atoms in total. The molecule has 1 aliphatic heterocycles. The van der Waals surface area contributed by atoms with E-state index in [1.54, 1.807) is 49.4 Å². The number of nitrogens with zero attached hydrogens (tertiary/aromatic N) is 1. The fourth-order valence-electron chi connectivity index (χ4n) is 4.65. The predicted octanol–water partition coefficient (Wildman–Crippen LogP) is 3.52. The minimum Gasteiger partial charge on any atom is -0.450 e. The smallest absolute Gasteiger partial charge is 0.409 e. The average molecular weight is 526 g/mol. The van der Waals surface area contributed by atoms with Crippen molar-refractivity contribution >= 4 is 38.5 Å². The Kier molecular flexibility index (Phi) is 8.11. The molecule has 3 aromatic carbocycles. The van der Waals surface area contributed by atoms with Crippen LogP contribution in [-0.4, -0.2) is 62.8 Å². The van der Waals surface area contributed by atoms with Gasteiger partial charge in [0.25, 0.3) is 5.91 Å². The number of nitrogens with one attached hydrogen (secondary N) is 2. The van der Waals surface area contributed by atoms with E-state index < -0.39 is 28.1 Å². The van der Waals surface area contributed by atoms with Gasteiger partial charge in [-0.1, -0.05) is 42.5 Å². The van der Waals surface area contributed by atoms with E-state index in [0.29, 0.717) is 35.0 Å². The highest BCUT2D eigenvalue weighted by molar-refractivity contribution is 7.89. The molecule has 1 aliphatic rings. The molecule has 0 bridgehead atoms. The van der Waals surface area contributed by atoms with Gasteiger partial charge in [-0.25, -0.2) is 17.9 Å². The van der Waals surface area contributed by atoms with Gasteiger partial charge in [0, 0.05) is 53.7 Å². The molecule has 196 valence electrons. The number of hydrogen-bond acceptors (Lipinski definition) is 6. The first kappa shape index (κ1) is 26.6. The maximum Gasteiger partial charge on any atom is 0.409 e. The van der Waals surface area contributed by atoms with Gasteiger partial charge in [0.05, 0.1) is 11.5 Å². The number of sulfonamides is 1. The van der Waals surface area contributed by atoms with Crippen LogP contribution in [0.15, 0.2) is 65.6 Å². The van der Waals surface area contributed by atoms with E-state index in [2.05, 4.69) is 10.0 Å². The number of hydrogen-bond donors (Lipinski definition) is 3. The molecule has 1 saturated heterocycles. The molecule has 3 N–H and O–H groups in total. The minimum absolute atomic E-state index is 0.0708. The van der Waals surface area contributed by atoms with Crippen LogP contribution in [0.2, 0.25) is 0 Å². The Morgan fingerprint density at radius 2 is 1.76 bits per heavy atom. The van der Waals surface area contributed by atoms with Gasteiger partial charge in [0.15, 0.2) is 0 Å². The van der Waals surface area contributed by atoms with Crippen LogP contribution >= 0.6 is 0 Å². The Bertz CT molecular complexity index is 1410. The second kappa shape index (κ2) is 11.3. The van der Waals surface area contributed by atoms with Gasteiger partial charge >= 0.3 is 6.09 Å². The number of anilines is 1. The number of ether oxygens (including phenoxy) is 1. The lowest BCUT2D eigenvalue weighted by molar-refractivity contribution is 0.0666. The lowest BCUT2D eigenvalue weighted by atomic mass is 9.94. The van der Waals surface area contributed by atoms with Crippen molar-refractivity contribution in [3.8, 4) is 0 Å². The highest BCUT2D eigenvalue weighted by atomic mass is 32.2. The summed E-state index contributed by atoms with van der Waals surface area (Å²) in [5.41, 5.74) is 1.87. The SMILES string of the molecule is CCOC(=O)N1CC[C@@H](NS(=O)(=O)c2ccc(NC(=O)c3ccccc3C)c3ccccc23)[C@@H](CO)C1. The molecule has 0 radical (unpaired) electrons. The van der Waals surface area contributed by atoms with Crippen LogP contribution in [0.5, 0.6) is 0 Å². The fraction of sp³-hybridized carbons (Fsp3) is 0.333. The number of rotatable bonds is 7. The van der Waals surface area contributed by atoms with E-state index in [0.717, 1.165) is 5.56 Å². The minimum atomic E-state index is -3.99. The first-order valence-corrected chi connectivity index (χ1v) is 13.7. The van der Waals surface area contributed by atoms with Crippen molar-refractivity contribution in [2.45, 2.75) is 31.2 Å². The number of aliphatic hydroxyl groups excluding tert-OH is 1. The third kappa shape index (κ3) is 5.76. The van der Waals surface area contributed by atoms with Gasteiger partial charge < -0.3 is 20.1 Å². The lowest BCUT2D eigenvalue weighted by Gasteiger charge is -2.37. The second-order valence-corrected chi connectivity index (χ2v) is 10.7. The molecule has 10 heteroatoms. The summed E-state index contributed by atoms with van der Waals surface area (Å²) in [6, 6.07) is 16.7. The summed E-state index contributed by atoms with van der Waals surface area (Å²) in [6.45, 7) is 4.02. The third-order valence-corrected chi connectivity index (χ3v) is 8.16. The topological polar surface area (TPSA) is 125 Å². The third-order valence-electron chi connectivity index (χ3n) is 6.61. The van der Waals surface area contributed by atoms with Crippen molar-refractivity contribution in [2.24, 2.45) is 5.92 Å². The molecule has 0 aliphatic carbocycles. The highest BCUT2D eigenvalue weighted by Gasteiger charge is 2.35. The monoisotopic (exact) mass is 525 g/mol. The van der Waals surface area contributed by atoms with Crippen molar-refractivity contribution < 1.29 is 27.9 Å². The quantitative estimate of drug-likeness (QED) is 0.434. The number of amides is 2. The summed E-state index contributed by atoms with van der Waals surface area (Å²) in [7, 11) is -3.99. The molecule has 4 rings (SSSR count). The van der Waals surface area contributed by atoms with Crippen LogP contribution < -0.4 is 10.0 Å². The second-order valence-electron chi connectivity index (χ2n) is 9.03. The molecule has 1 heterocycles. The van der Waals surface area contributed by atoms with Crippen molar-refractivity contribution in [3.05, 3.63) is 71.8 Å². The first-order valence-electron chi connectivity index (χ1n) is 12.2. The maximum absolute atomic E-state index is 13.5. The summed E-state index contributed by atoms with van der Waals surface area (Å²) in [6.07, 6.45) is -0.136. The average Bonchev–Trinajstić information content (AvgIpc) is 2.89. The molecular weight excluding hydrogens is 494 g/mol. The summed E-state index contributed by atoms with van der Waals surface area (Å²) in [5.74, 6) is -0.761. The maximum atomic E-state index is 13.5. The molecular formula is C27H31N3O6S. The van der Waals surface area contributed by atoms with Gasteiger partial charge in [-0.15, -0.1) is 0 Å². The first-order chi connectivity index (χ1) is 17.7. The molecule has 0 aromatic heterocycles. The zero-order valence-corrected chi connectivity index (χ0v) is 21.6. The Morgan fingerprint density at radius 3 is 2.46 bits per heavy atom. The van der Waals surface area contributed by atoms with E-state index in [-0.39, 0.29) is 30.6 Å². The van der Waals surface area contributed by atoms with Crippen molar-refractivity contribution in [2.75, 3.05) is 31.6 Å². The summed E-state index contributed by atoms with van der Waals surface area (Å²) in [5, 5.41) is 13.9. The molecule has 37 heavy (non-hydrogen) atoms. The number of carbonyl (C=O) groups excluding carboxylic acids is 2. The highest BCUT2D eigenvalue weighted by Crippen LogP contribution is 2.31. The standard InChI is InChI=1S/C27H31N3O6S/c1-3-36-27(33)30-15-14-23(19(16-30)17-31)29-37(34,35)25-13-12-24(21-10-6-7-11-22(21)25)28-26(32)20-9-5-4-8-18(20)2/h4-13,19,23,29,31H,3,14-17H2,1-2H3,(H,28,32)/t19-,23-/m1/s1. The molecule has 0 saturated carbocycles. The van der Waals surface area contributed by atoms with Crippen molar-refractivity contribution in [1.82, 2.24) is 9.62 Å². The Balaban J connectivity index is 1.59. The van der Waals surface area contributed by atoms with Gasteiger partial charge in [-0.2, -0.15) is 0 Å². The van der Waals surface area contributed by atoms with Gasteiger partial charge in [-0.3, -0.25) is 4.79 Å². The van der Waals surface area contributed by atoms with Gasteiger partial charge in [-0.05, 0) is 44.0 Å². The predicted molar refractivity (Wildman–Crippen MR) is 141 cm³/mol. The van der Waals surface area contributed by atoms with Crippen LogP contribution in [0, 0.1) is 12.8 Å². The Hall–Kier alpha value is -3.47. The van der Waals surface area contributed by atoms with Crippen LogP contribution in [0.4, 0.5) is 10.5 Å². The van der Waals surface area contributed by atoms with E-state index in [4.69, 9.17) is 4.74 Å². The number of likely N-dealkylation sites (tertiary alicyclic amines) is 1. The zero-order valence-electron chi connectivity index (χ0n) is 20.8.